The molecular formula is C12H22N4O2S. The number of aromatic nitrogens is 2. The maximum absolute atomic E-state index is 12.1. The Balaban J connectivity index is 1.92. The molecule has 1 aliphatic rings. The summed E-state index contributed by atoms with van der Waals surface area (Å²) in [4.78, 5) is 0.251. The normalized spacial score (nSPS) is 17.1. The molecule has 0 amide bonds. The molecule has 0 radical (unpaired) electrons. The van der Waals surface area contributed by atoms with Crippen LogP contribution in [0.1, 0.15) is 25.7 Å². The van der Waals surface area contributed by atoms with E-state index in [1.807, 2.05) is 7.05 Å². The van der Waals surface area contributed by atoms with Gasteiger partial charge in [-0.2, -0.15) is 5.10 Å². The molecule has 6 nitrogen and oxygen atoms in total. The van der Waals surface area contributed by atoms with E-state index < -0.39 is 10.0 Å². The van der Waals surface area contributed by atoms with Gasteiger partial charge in [0.2, 0.25) is 10.0 Å². The van der Waals surface area contributed by atoms with E-state index in [1.54, 1.807) is 10.9 Å². The second kappa shape index (κ2) is 6.49. The fourth-order valence-electron chi connectivity index (χ4n) is 2.36. The zero-order chi connectivity index (χ0) is 13.7. The lowest BCUT2D eigenvalue weighted by atomic mass is 10.1. The number of nitrogens with one attached hydrogen (secondary N) is 2. The third kappa shape index (κ3) is 4.02. The molecule has 1 heterocycles. The molecule has 0 aromatic carbocycles. The van der Waals surface area contributed by atoms with Gasteiger partial charge in [-0.15, -0.1) is 0 Å². The van der Waals surface area contributed by atoms with E-state index in [-0.39, 0.29) is 4.90 Å². The van der Waals surface area contributed by atoms with Crippen molar-refractivity contribution in [3.05, 3.63) is 12.4 Å². The zero-order valence-corrected chi connectivity index (χ0v) is 12.1. The molecule has 0 bridgehead atoms. The highest BCUT2D eigenvalue weighted by molar-refractivity contribution is 7.89. The predicted octanol–water partition coefficient (Wildman–Crippen LogP) is 0.571. The molecule has 7 heteroatoms. The van der Waals surface area contributed by atoms with Gasteiger partial charge < -0.3 is 5.32 Å². The van der Waals surface area contributed by atoms with Crippen LogP contribution in [0, 0.1) is 5.92 Å². The molecule has 1 aliphatic carbocycles. The van der Waals surface area contributed by atoms with E-state index in [0.717, 1.165) is 19.4 Å². The van der Waals surface area contributed by atoms with Gasteiger partial charge in [-0.3, -0.25) is 4.68 Å². The van der Waals surface area contributed by atoms with Crippen LogP contribution in [0.2, 0.25) is 0 Å². The van der Waals surface area contributed by atoms with Crippen molar-refractivity contribution in [3.63, 3.8) is 0 Å². The molecule has 0 saturated heterocycles. The number of likely N-dealkylation sites (N-methyl/N-ethyl adjacent to an activating group) is 1. The Morgan fingerprint density at radius 2 is 2.16 bits per heavy atom. The maximum Gasteiger partial charge on any atom is 0.243 e. The largest absolute Gasteiger partial charge is 0.318 e. The topological polar surface area (TPSA) is 76.0 Å². The summed E-state index contributed by atoms with van der Waals surface area (Å²) >= 11 is 0. The van der Waals surface area contributed by atoms with Crippen molar-refractivity contribution >= 4 is 10.0 Å². The van der Waals surface area contributed by atoms with Crippen molar-refractivity contribution in [2.75, 3.05) is 20.1 Å². The second-order valence-corrected chi connectivity index (χ2v) is 6.81. The van der Waals surface area contributed by atoms with Crippen molar-refractivity contribution < 1.29 is 8.42 Å². The van der Waals surface area contributed by atoms with Crippen LogP contribution in [0.15, 0.2) is 17.3 Å². The zero-order valence-electron chi connectivity index (χ0n) is 11.3. The lowest BCUT2D eigenvalue weighted by Crippen LogP contribution is -2.28. The van der Waals surface area contributed by atoms with Crippen molar-refractivity contribution in [2.45, 2.75) is 37.1 Å². The Kier molecular flexibility index (Phi) is 4.95. The van der Waals surface area contributed by atoms with Gasteiger partial charge in [0, 0.05) is 19.3 Å². The van der Waals surface area contributed by atoms with E-state index in [0.29, 0.717) is 19.0 Å². The van der Waals surface area contributed by atoms with Crippen LogP contribution in [0.3, 0.4) is 0 Å². The molecule has 2 rings (SSSR count). The summed E-state index contributed by atoms with van der Waals surface area (Å²) in [5, 5.41) is 7.06. The first kappa shape index (κ1) is 14.5. The van der Waals surface area contributed by atoms with Gasteiger partial charge in [0.25, 0.3) is 0 Å². The van der Waals surface area contributed by atoms with E-state index in [9.17, 15) is 8.42 Å². The van der Waals surface area contributed by atoms with E-state index in [2.05, 4.69) is 15.1 Å². The minimum atomic E-state index is -3.41. The maximum atomic E-state index is 12.1. The average Bonchev–Trinajstić information content (AvgIpc) is 3.05. The molecule has 0 aliphatic heterocycles. The van der Waals surface area contributed by atoms with Crippen LogP contribution in [0.25, 0.3) is 0 Å². The van der Waals surface area contributed by atoms with E-state index in [4.69, 9.17) is 0 Å². The van der Waals surface area contributed by atoms with E-state index in [1.165, 1.54) is 19.0 Å². The van der Waals surface area contributed by atoms with Crippen molar-refractivity contribution in [2.24, 2.45) is 5.92 Å². The highest BCUT2D eigenvalue weighted by atomic mass is 32.2. The average molecular weight is 286 g/mol. The first-order valence-electron chi connectivity index (χ1n) is 6.78. The van der Waals surface area contributed by atoms with Crippen LogP contribution >= 0.6 is 0 Å². The van der Waals surface area contributed by atoms with Crippen LogP contribution in [0.4, 0.5) is 0 Å². The standard InChI is InChI=1S/C12H22N4O2S/c1-13-6-7-16-10-12(9-14-16)19(17,18)15-8-11-4-2-3-5-11/h9-11,13,15H,2-8H2,1H3. The van der Waals surface area contributed by atoms with Crippen molar-refractivity contribution in [1.82, 2.24) is 19.8 Å². The van der Waals surface area contributed by atoms with Gasteiger partial charge in [-0.05, 0) is 25.8 Å². The first-order chi connectivity index (χ1) is 9.12. The third-order valence-electron chi connectivity index (χ3n) is 3.55. The van der Waals surface area contributed by atoms with Gasteiger partial charge in [-0.1, -0.05) is 12.8 Å². The van der Waals surface area contributed by atoms with Gasteiger partial charge in [-0.25, -0.2) is 13.1 Å². The van der Waals surface area contributed by atoms with E-state index >= 15 is 0 Å². The SMILES string of the molecule is CNCCn1cc(S(=O)(=O)NCC2CCCC2)cn1. The molecule has 1 aromatic rings. The minimum absolute atomic E-state index is 0.251. The van der Waals surface area contributed by atoms with Crippen LogP contribution < -0.4 is 10.0 Å². The van der Waals surface area contributed by atoms with Crippen molar-refractivity contribution in [3.8, 4) is 0 Å². The Hall–Kier alpha value is -0.920. The summed E-state index contributed by atoms with van der Waals surface area (Å²) in [5.74, 6) is 0.495. The molecule has 19 heavy (non-hydrogen) atoms. The van der Waals surface area contributed by atoms with Crippen LogP contribution in [0.5, 0.6) is 0 Å². The van der Waals surface area contributed by atoms with Gasteiger partial charge >= 0.3 is 0 Å². The fraction of sp³-hybridized carbons (Fsp3) is 0.750. The molecule has 108 valence electrons. The smallest absolute Gasteiger partial charge is 0.243 e. The van der Waals surface area contributed by atoms with Gasteiger partial charge in [0.1, 0.15) is 4.90 Å². The molecule has 2 N–H and O–H groups in total. The molecule has 0 spiro atoms. The Morgan fingerprint density at radius 3 is 2.84 bits per heavy atom. The number of hydrogen-bond donors (Lipinski definition) is 2. The summed E-state index contributed by atoms with van der Waals surface area (Å²) in [5.41, 5.74) is 0. The lowest BCUT2D eigenvalue weighted by molar-refractivity contribution is 0.519. The summed E-state index contributed by atoms with van der Waals surface area (Å²) in [7, 11) is -1.55. The van der Waals surface area contributed by atoms with Gasteiger partial charge in [0.15, 0.2) is 0 Å². The summed E-state index contributed by atoms with van der Waals surface area (Å²) < 4.78 is 28.5. The summed E-state index contributed by atoms with van der Waals surface area (Å²) in [6.07, 6.45) is 7.68. The Morgan fingerprint density at radius 1 is 1.42 bits per heavy atom. The van der Waals surface area contributed by atoms with Gasteiger partial charge in [0.05, 0.1) is 12.7 Å². The number of nitrogens with zero attached hydrogens (tertiary/aromatic N) is 2. The fourth-order valence-corrected chi connectivity index (χ4v) is 3.43. The molecule has 0 unspecified atom stereocenters. The monoisotopic (exact) mass is 286 g/mol. The first-order valence-corrected chi connectivity index (χ1v) is 8.27. The Bertz CT molecular complexity index is 492. The third-order valence-corrected chi connectivity index (χ3v) is 4.93. The quantitative estimate of drug-likeness (QED) is 0.768. The van der Waals surface area contributed by atoms with Crippen LogP contribution in [-0.4, -0.2) is 38.3 Å². The molecule has 1 saturated carbocycles. The molecule has 0 atom stereocenters. The molecule has 1 fully saturated rings. The highest BCUT2D eigenvalue weighted by Gasteiger charge is 2.20. The minimum Gasteiger partial charge on any atom is -0.318 e. The summed E-state index contributed by atoms with van der Waals surface area (Å²) in [6.45, 7) is 1.97. The number of rotatable bonds is 7. The molecule has 1 aromatic heterocycles. The highest BCUT2D eigenvalue weighted by Crippen LogP contribution is 2.24. The Labute approximate surface area is 114 Å². The molecular weight excluding hydrogens is 264 g/mol. The summed E-state index contributed by atoms with van der Waals surface area (Å²) in [6, 6.07) is 0. The predicted molar refractivity (Wildman–Crippen MR) is 73.3 cm³/mol. The number of hydrogen-bond acceptors (Lipinski definition) is 4. The van der Waals surface area contributed by atoms with Crippen LogP contribution in [-0.2, 0) is 16.6 Å². The lowest BCUT2D eigenvalue weighted by Gasteiger charge is -2.09. The number of sulfonamides is 1. The van der Waals surface area contributed by atoms with Crippen molar-refractivity contribution in [1.29, 1.82) is 0 Å². The second-order valence-electron chi connectivity index (χ2n) is 5.05.